The highest BCUT2D eigenvalue weighted by molar-refractivity contribution is 5.72. The van der Waals surface area contributed by atoms with Gasteiger partial charge in [0, 0.05) is 0 Å². The molecule has 0 bridgehead atoms. The van der Waals surface area contributed by atoms with Crippen LogP contribution in [-0.2, 0) is 19.1 Å². The Morgan fingerprint density at radius 1 is 0.818 bits per heavy atom. The molecule has 128 valence electrons. The van der Waals surface area contributed by atoms with E-state index < -0.39 is 0 Å². The molecule has 0 saturated heterocycles. The quantitative estimate of drug-likeness (QED) is 0.314. The Labute approximate surface area is 133 Å². The van der Waals surface area contributed by atoms with Gasteiger partial charge in [-0.25, -0.2) is 0 Å². The van der Waals surface area contributed by atoms with Crippen LogP contribution in [0.3, 0.4) is 0 Å². The summed E-state index contributed by atoms with van der Waals surface area (Å²) in [6.07, 6.45) is 3.73. The van der Waals surface area contributed by atoms with Crippen LogP contribution < -0.4 is 0 Å². The largest absolute Gasteiger partial charge is 0.465 e. The third-order valence-electron chi connectivity index (χ3n) is 3.10. The summed E-state index contributed by atoms with van der Waals surface area (Å²) in [5.74, 6) is -1.13. The third-order valence-corrected chi connectivity index (χ3v) is 3.10. The second-order valence-corrected chi connectivity index (χ2v) is 5.49. The molecule has 6 heteroatoms. The van der Waals surface area contributed by atoms with E-state index in [0.717, 1.165) is 25.7 Å². The molecule has 0 aromatic rings. The second kappa shape index (κ2) is 13.2. The van der Waals surface area contributed by atoms with Gasteiger partial charge in [-0.3, -0.25) is 9.59 Å². The van der Waals surface area contributed by atoms with Crippen molar-refractivity contribution >= 4 is 11.9 Å². The topological polar surface area (TPSA) is 77.3 Å². The number of carbonyl (C=O) groups excluding carboxylic acids is 2. The summed E-state index contributed by atoms with van der Waals surface area (Å²) in [6, 6.07) is 0. The summed E-state index contributed by atoms with van der Waals surface area (Å²) < 4.78 is 10.2. The Morgan fingerprint density at radius 3 is 1.50 bits per heavy atom. The SMILES string of the molecule is CCCCOC(=O)C(C)CN=NCC(C)C(=O)OCCCC. The van der Waals surface area contributed by atoms with Crippen molar-refractivity contribution in [3.05, 3.63) is 0 Å². The van der Waals surface area contributed by atoms with Crippen molar-refractivity contribution in [2.24, 2.45) is 22.1 Å². The Hall–Kier alpha value is -1.46. The van der Waals surface area contributed by atoms with E-state index in [1.54, 1.807) is 13.8 Å². The van der Waals surface area contributed by atoms with Crippen LogP contribution in [0.25, 0.3) is 0 Å². The highest BCUT2D eigenvalue weighted by atomic mass is 16.5. The zero-order valence-corrected chi connectivity index (χ0v) is 14.3. The normalized spacial score (nSPS) is 13.8. The fraction of sp³-hybridized carbons (Fsp3) is 0.875. The number of unbranched alkanes of at least 4 members (excludes halogenated alkanes) is 2. The van der Waals surface area contributed by atoms with E-state index >= 15 is 0 Å². The number of rotatable bonds is 12. The minimum absolute atomic E-state index is 0.251. The van der Waals surface area contributed by atoms with E-state index in [9.17, 15) is 9.59 Å². The van der Waals surface area contributed by atoms with Gasteiger partial charge in [-0.1, -0.05) is 40.5 Å². The minimum Gasteiger partial charge on any atom is -0.465 e. The predicted molar refractivity (Wildman–Crippen MR) is 84.7 cm³/mol. The van der Waals surface area contributed by atoms with Crippen molar-refractivity contribution in [2.75, 3.05) is 26.3 Å². The maximum Gasteiger partial charge on any atom is 0.310 e. The Morgan fingerprint density at radius 2 is 1.18 bits per heavy atom. The van der Waals surface area contributed by atoms with Crippen LogP contribution in [-0.4, -0.2) is 38.2 Å². The first-order chi connectivity index (χ1) is 10.5. The average molecular weight is 314 g/mol. The standard InChI is InChI=1S/C16H30N2O4/c1-5-7-9-21-15(19)13(3)11-17-18-12-14(4)16(20)22-10-8-6-2/h13-14H,5-12H2,1-4H3. The maximum atomic E-state index is 11.6. The van der Waals surface area contributed by atoms with Gasteiger partial charge in [-0.2, -0.15) is 10.2 Å². The van der Waals surface area contributed by atoms with Crippen molar-refractivity contribution in [1.82, 2.24) is 0 Å². The molecule has 0 heterocycles. The predicted octanol–water partition coefficient (Wildman–Crippen LogP) is 3.40. The maximum absolute atomic E-state index is 11.6. The van der Waals surface area contributed by atoms with Crippen LogP contribution in [0.1, 0.15) is 53.4 Å². The molecule has 0 amide bonds. The molecule has 0 radical (unpaired) electrons. The van der Waals surface area contributed by atoms with Crippen LogP contribution >= 0.6 is 0 Å². The molecule has 0 saturated carbocycles. The Kier molecular flexibility index (Phi) is 12.3. The summed E-state index contributed by atoms with van der Waals surface area (Å²) in [6.45, 7) is 9.07. The lowest BCUT2D eigenvalue weighted by molar-refractivity contribution is -0.148. The molecule has 22 heavy (non-hydrogen) atoms. The average Bonchev–Trinajstić information content (AvgIpc) is 2.51. The monoisotopic (exact) mass is 314 g/mol. The first-order valence-corrected chi connectivity index (χ1v) is 8.19. The first kappa shape index (κ1) is 20.5. The lowest BCUT2D eigenvalue weighted by atomic mass is 10.2. The lowest BCUT2D eigenvalue weighted by Gasteiger charge is -2.09. The fourth-order valence-corrected chi connectivity index (χ4v) is 1.43. The summed E-state index contributed by atoms with van der Waals surface area (Å²) in [4.78, 5) is 23.2. The van der Waals surface area contributed by atoms with Gasteiger partial charge in [0.25, 0.3) is 0 Å². The van der Waals surface area contributed by atoms with Crippen LogP contribution in [0.2, 0.25) is 0 Å². The minimum atomic E-state index is -0.313. The second-order valence-electron chi connectivity index (χ2n) is 5.49. The number of esters is 2. The number of carbonyl (C=O) groups is 2. The van der Waals surface area contributed by atoms with E-state index in [1.807, 2.05) is 13.8 Å². The van der Waals surface area contributed by atoms with E-state index in [2.05, 4.69) is 10.2 Å². The molecule has 0 aliphatic rings. The van der Waals surface area contributed by atoms with E-state index in [0.29, 0.717) is 13.2 Å². The molecular weight excluding hydrogens is 284 g/mol. The number of hydrogen-bond acceptors (Lipinski definition) is 6. The van der Waals surface area contributed by atoms with E-state index in [4.69, 9.17) is 9.47 Å². The number of hydrogen-bond donors (Lipinski definition) is 0. The third kappa shape index (κ3) is 10.3. The molecule has 0 aliphatic heterocycles. The van der Waals surface area contributed by atoms with Gasteiger partial charge < -0.3 is 9.47 Å². The van der Waals surface area contributed by atoms with Gasteiger partial charge in [0.2, 0.25) is 0 Å². The van der Waals surface area contributed by atoms with Crippen LogP contribution in [0.4, 0.5) is 0 Å². The molecule has 2 unspecified atom stereocenters. The van der Waals surface area contributed by atoms with Gasteiger partial charge in [0.15, 0.2) is 0 Å². The first-order valence-electron chi connectivity index (χ1n) is 8.19. The molecule has 0 aromatic carbocycles. The number of azo groups is 1. The smallest absolute Gasteiger partial charge is 0.310 e. The van der Waals surface area contributed by atoms with E-state index in [1.165, 1.54) is 0 Å². The molecule has 0 N–H and O–H groups in total. The summed E-state index contributed by atoms with van der Waals surface area (Å²) in [5.41, 5.74) is 0. The van der Waals surface area contributed by atoms with Crippen LogP contribution in [0.5, 0.6) is 0 Å². The van der Waals surface area contributed by atoms with Crippen molar-refractivity contribution in [1.29, 1.82) is 0 Å². The summed E-state index contributed by atoms with van der Waals surface area (Å²) >= 11 is 0. The van der Waals surface area contributed by atoms with Crippen LogP contribution in [0, 0.1) is 11.8 Å². The van der Waals surface area contributed by atoms with Crippen molar-refractivity contribution in [2.45, 2.75) is 53.4 Å². The Balaban J connectivity index is 3.87. The number of nitrogens with zero attached hydrogens (tertiary/aromatic N) is 2. The van der Waals surface area contributed by atoms with Gasteiger partial charge in [-0.05, 0) is 12.8 Å². The molecule has 2 atom stereocenters. The highest BCUT2D eigenvalue weighted by Crippen LogP contribution is 2.04. The molecule has 0 spiro atoms. The van der Waals surface area contributed by atoms with Crippen molar-refractivity contribution in [3.63, 3.8) is 0 Å². The fourth-order valence-electron chi connectivity index (χ4n) is 1.43. The molecule has 0 fully saturated rings. The molecule has 6 nitrogen and oxygen atoms in total. The Bertz CT molecular complexity index is 313. The zero-order chi connectivity index (χ0) is 16.8. The highest BCUT2D eigenvalue weighted by Gasteiger charge is 2.15. The molecule has 0 aliphatic carbocycles. The zero-order valence-electron chi connectivity index (χ0n) is 14.3. The van der Waals surface area contributed by atoms with Gasteiger partial charge in [-0.15, -0.1) is 0 Å². The molecule has 0 aromatic heterocycles. The molecule has 0 rings (SSSR count). The van der Waals surface area contributed by atoms with Crippen LogP contribution in [0.15, 0.2) is 10.2 Å². The van der Waals surface area contributed by atoms with Gasteiger partial charge in [0.1, 0.15) is 0 Å². The lowest BCUT2D eigenvalue weighted by Crippen LogP contribution is -2.19. The van der Waals surface area contributed by atoms with Gasteiger partial charge >= 0.3 is 11.9 Å². The molecular formula is C16H30N2O4. The van der Waals surface area contributed by atoms with E-state index in [-0.39, 0.29) is 36.9 Å². The van der Waals surface area contributed by atoms with Gasteiger partial charge in [0.05, 0.1) is 38.1 Å². The van der Waals surface area contributed by atoms with Crippen molar-refractivity contribution in [3.8, 4) is 0 Å². The summed E-state index contributed by atoms with van der Waals surface area (Å²) in [5, 5.41) is 7.91. The number of ether oxygens (including phenoxy) is 2. The van der Waals surface area contributed by atoms with Crippen molar-refractivity contribution < 1.29 is 19.1 Å². The summed E-state index contributed by atoms with van der Waals surface area (Å²) in [7, 11) is 0.